The molecule has 118 valence electrons. The Balaban J connectivity index is 0.000000652. The molecule has 0 aromatic carbocycles. The fourth-order valence-electron chi connectivity index (χ4n) is 2.70. The Kier molecular flexibility index (Phi) is 3.41. The van der Waals surface area contributed by atoms with E-state index in [2.05, 4.69) is 35.3 Å². The van der Waals surface area contributed by atoms with Crippen LogP contribution in [0.2, 0.25) is 0 Å². The molecule has 3 aromatic rings. The summed E-state index contributed by atoms with van der Waals surface area (Å²) in [5.41, 5.74) is 3.80. The van der Waals surface area contributed by atoms with Gasteiger partial charge in [-0.1, -0.05) is 25.2 Å². The summed E-state index contributed by atoms with van der Waals surface area (Å²) < 4.78 is 2.24. The Morgan fingerprint density at radius 2 is 2.26 bits per heavy atom. The number of fused-ring (bicyclic) bond motifs is 3. The number of hydrogen-bond donors (Lipinski definition) is 2. The maximum Gasteiger partial charge on any atom is 0.211 e. The van der Waals surface area contributed by atoms with Crippen LogP contribution in [0.5, 0.6) is 0 Å². The predicted molar refractivity (Wildman–Crippen MR) is 88.7 cm³/mol. The zero-order chi connectivity index (χ0) is 15.8. The number of nitrogens with zero attached hydrogens (tertiary/aromatic N) is 6. The minimum absolute atomic E-state index is 0.327. The van der Waals surface area contributed by atoms with Crippen molar-refractivity contribution >= 4 is 22.3 Å². The van der Waals surface area contributed by atoms with Crippen molar-refractivity contribution in [3.63, 3.8) is 0 Å². The molecule has 0 saturated heterocycles. The molecule has 3 aromatic heterocycles. The molecule has 2 unspecified atom stereocenters. The topological polar surface area (TPSA) is 96.7 Å². The van der Waals surface area contributed by atoms with E-state index in [0.717, 1.165) is 34.5 Å². The zero-order valence-electron chi connectivity index (χ0n) is 12.8. The highest BCUT2D eigenvalue weighted by Crippen LogP contribution is 2.45. The van der Waals surface area contributed by atoms with Crippen LogP contribution in [0.1, 0.15) is 32.1 Å². The van der Waals surface area contributed by atoms with Crippen LogP contribution in [-0.2, 0) is 0 Å². The van der Waals surface area contributed by atoms with E-state index < -0.39 is 0 Å². The predicted octanol–water partition coefficient (Wildman–Crippen LogP) is 2.34. The van der Waals surface area contributed by atoms with Gasteiger partial charge in [0.15, 0.2) is 11.7 Å². The number of hydrogen-bond acceptors (Lipinski definition) is 7. The van der Waals surface area contributed by atoms with Crippen molar-refractivity contribution in [2.24, 2.45) is 4.99 Å². The molecule has 0 bridgehead atoms. The van der Waals surface area contributed by atoms with E-state index in [-0.39, 0.29) is 0 Å². The molecule has 9 heteroatoms. The van der Waals surface area contributed by atoms with Gasteiger partial charge in [-0.05, 0) is 6.42 Å². The van der Waals surface area contributed by atoms with E-state index in [4.69, 9.17) is 4.99 Å². The lowest BCUT2D eigenvalue weighted by atomic mass is 10.2. The van der Waals surface area contributed by atoms with Gasteiger partial charge >= 0.3 is 0 Å². The minimum Gasteiger partial charge on any atom is -0.316 e. The summed E-state index contributed by atoms with van der Waals surface area (Å²) in [4.78, 5) is 9.24. The first-order valence-corrected chi connectivity index (χ1v) is 8.46. The number of H-pyrrole nitrogens is 1. The van der Waals surface area contributed by atoms with Gasteiger partial charge in [0, 0.05) is 11.8 Å². The van der Waals surface area contributed by atoms with Gasteiger partial charge < -0.3 is 9.88 Å². The summed E-state index contributed by atoms with van der Waals surface area (Å²) >= 11 is 1.44. The first-order valence-electron chi connectivity index (χ1n) is 7.58. The second kappa shape index (κ2) is 5.58. The molecule has 1 fully saturated rings. The molecule has 1 aliphatic carbocycles. The lowest BCUT2D eigenvalue weighted by molar-refractivity contribution is 0.694. The van der Waals surface area contributed by atoms with Gasteiger partial charge in [-0.3, -0.25) is 10.1 Å². The average molecular weight is 328 g/mol. The molecule has 2 atom stereocenters. The van der Waals surface area contributed by atoms with E-state index in [0.29, 0.717) is 12.1 Å². The summed E-state index contributed by atoms with van der Waals surface area (Å²) in [6.45, 7) is 4.00. The first-order chi connectivity index (χ1) is 11.4. The molecule has 4 heterocycles. The number of aromatic amines is 1. The first kappa shape index (κ1) is 14.1. The Morgan fingerprint density at radius 3 is 3.00 bits per heavy atom. The van der Waals surface area contributed by atoms with Gasteiger partial charge in [0.1, 0.15) is 5.51 Å². The quantitative estimate of drug-likeness (QED) is 0.752. The van der Waals surface area contributed by atoms with Gasteiger partial charge in [-0.2, -0.15) is 5.10 Å². The number of rotatable bonds is 2. The molecule has 8 nitrogen and oxygen atoms in total. The molecule has 2 N–H and O–H groups in total. The Labute approximate surface area is 136 Å². The van der Waals surface area contributed by atoms with Crippen molar-refractivity contribution in [2.45, 2.75) is 32.4 Å². The smallest absolute Gasteiger partial charge is 0.211 e. The Morgan fingerprint density at radius 1 is 1.35 bits per heavy atom. The van der Waals surface area contributed by atoms with Crippen molar-refractivity contribution < 1.29 is 0 Å². The van der Waals surface area contributed by atoms with E-state index >= 15 is 0 Å². The Bertz CT molecular complexity index is 817. The van der Waals surface area contributed by atoms with Gasteiger partial charge in [-0.15, -0.1) is 10.2 Å². The molecule has 23 heavy (non-hydrogen) atoms. The molecule has 1 aliphatic heterocycles. The fraction of sp³-hybridized carbons (Fsp3) is 0.357. The van der Waals surface area contributed by atoms with Crippen molar-refractivity contribution in [1.29, 1.82) is 0 Å². The molecular formula is C14H16N8S. The Hall–Kier alpha value is -2.55. The summed E-state index contributed by atoms with van der Waals surface area (Å²) in [6, 6.07) is 0.736. The van der Waals surface area contributed by atoms with Gasteiger partial charge in [-0.25, -0.2) is 4.98 Å². The molecule has 0 amide bonds. The van der Waals surface area contributed by atoms with Crippen LogP contribution in [0.15, 0.2) is 29.1 Å². The second-order valence-corrected chi connectivity index (χ2v) is 5.87. The maximum absolute atomic E-state index is 4.70. The highest BCUT2D eigenvalue weighted by molar-refractivity contribution is 7.13. The van der Waals surface area contributed by atoms with Crippen LogP contribution < -0.4 is 5.32 Å². The van der Waals surface area contributed by atoms with Gasteiger partial charge in [0.25, 0.3) is 0 Å². The molecule has 2 aliphatic rings. The molecule has 5 rings (SSSR count). The third-order valence-electron chi connectivity index (χ3n) is 3.74. The molecule has 1 saturated carbocycles. The van der Waals surface area contributed by atoms with Crippen molar-refractivity contribution in [3.8, 4) is 11.3 Å². The van der Waals surface area contributed by atoms with Crippen molar-refractivity contribution in [2.75, 3.05) is 5.32 Å². The monoisotopic (exact) mass is 328 g/mol. The number of imidazole rings is 1. The highest BCUT2D eigenvalue weighted by Gasteiger charge is 2.45. The summed E-state index contributed by atoms with van der Waals surface area (Å²) in [7, 11) is 0. The van der Waals surface area contributed by atoms with Crippen molar-refractivity contribution in [1.82, 2.24) is 29.9 Å². The van der Waals surface area contributed by atoms with Crippen LogP contribution in [0.3, 0.4) is 0 Å². The number of aliphatic imine (C=N–C) groups is 1. The normalized spacial score (nSPS) is 20.7. The van der Waals surface area contributed by atoms with Crippen molar-refractivity contribution in [3.05, 3.63) is 29.9 Å². The highest BCUT2D eigenvalue weighted by atomic mass is 32.1. The summed E-state index contributed by atoms with van der Waals surface area (Å²) in [5, 5.41) is 18.6. The standard InChI is InChI=1S/C12H10N8S.C2H6/c1-7-8(1)20-9(6-2-14-15-3-6)4-13-11(20)10(17-7)18-12-19-16-5-21-12;1-2/h2-5,7-8H,1H2,(H,14,15)(H,17,18,19);1-2H3. The summed E-state index contributed by atoms with van der Waals surface area (Å²) in [6.07, 6.45) is 6.62. The number of anilines is 1. The van der Waals surface area contributed by atoms with E-state index in [1.54, 1.807) is 5.51 Å². The fourth-order valence-corrected chi connectivity index (χ4v) is 3.15. The minimum atomic E-state index is 0.327. The van der Waals surface area contributed by atoms with Crippen LogP contribution in [-0.4, -0.2) is 41.8 Å². The van der Waals surface area contributed by atoms with Crippen LogP contribution in [0.25, 0.3) is 11.3 Å². The van der Waals surface area contributed by atoms with Crippen LogP contribution >= 0.6 is 11.3 Å². The summed E-state index contributed by atoms with van der Waals surface area (Å²) in [5.74, 6) is 1.61. The second-order valence-electron chi connectivity index (χ2n) is 5.04. The van der Waals surface area contributed by atoms with E-state index in [9.17, 15) is 0 Å². The SMILES string of the molecule is CC.c1nnc(NC2=NC3CC3n3c(-c4cn[nH]c4)cnc32)s1. The number of aromatic nitrogens is 6. The van der Waals surface area contributed by atoms with Crippen LogP contribution in [0, 0.1) is 0 Å². The molecule has 0 radical (unpaired) electrons. The third kappa shape index (κ3) is 2.33. The third-order valence-corrected chi connectivity index (χ3v) is 4.35. The largest absolute Gasteiger partial charge is 0.316 e. The lowest BCUT2D eigenvalue weighted by Crippen LogP contribution is -2.24. The lowest BCUT2D eigenvalue weighted by Gasteiger charge is -2.16. The maximum atomic E-state index is 4.70. The zero-order valence-corrected chi connectivity index (χ0v) is 13.6. The molecular weight excluding hydrogens is 312 g/mol. The number of nitrogens with one attached hydrogen (secondary N) is 2. The molecule has 0 spiro atoms. The van der Waals surface area contributed by atoms with Gasteiger partial charge in [0.05, 0.1) is 30.2 Å². The van der Waals surface area contributed by atoms with E-state index in [1.807, 2.05) is 32.4 Å². The van der Waals surface area contributed by atoms with E-state index in [1.165, 1.54) is 11.3 Å². The average Bonchev–Trinajstić information content (AvgIpc) is 3.06. The van der Waals surface area contributed by atoms with Gasteiger partial charge in [0.2, 0.25) is 5.13 Å². The number of amidine groups is 1. The van der Waals surface area contributed by atoms with Crippen LogP contribution in [0.4, 0.5) is 5.13 Å².